The van der Waals surface area contributed by atoms with Crippen molar-refractivity contribution < 1.29 is 9.84 Å². The van der Waals surface area contributed by atoms with Crippen LogP contribution in [0.1, 0.15) is 50.8 Å². The van der Waals surface area contributed by atoms with E-state index in [0.29, 0.717) is 12.8 Å². The highest BCUT2D eigenvalue weighted by molar-refractivity contribution is 5.31. The fourth-order valence-electron chi connectivity index (χ4n) is 3.27. The Morgan fingerprint density at radius 3 is 2.21 bits per heavy atom. The lowest BCUT2D eigenvalue weighted by atomic mass is 9.78. The van der Waals surface area contributed by atoms with Crippen molar-refractivity contribution in [2.45, 2.75) is 71.2 Å². The first-order valence-electron chi connectivity index (χ1n) is 7.03. The van der Waals surface area contributed by atoms with Crippen LogP contribution in [0.2, 0.25) is 0 Å². The molecule has 1 aromatic carbocycles. The lowest BCUT2D eigenvalue weighted by Crippen LogP contribution is -2.48. The molecule has 0 aromatic heterocycles. The number of rotatable bonds is 2. The molecule has 1 heterocycles. The molecule has 0 amide bonds. The lowest BCUT2D eigenvalue weighted by Gasteiger charge is -2.35. The molecule has 1 aromatic rings. The molecule has 1 saturated heterocycles. The van der Waals surface area contributed by atoms with E-state index in [1.165, 1.54) is 16.7 Å². The molecule has 106 valence electrons. The zero-order valence-electron chi connectivity index (χ0n) is 13.0. The van der Waals surface area contributed by atoms with Crippen LogP contribution >= 0.6 is 0 Å². The monoisotopic (exact) mass is 262 g/mol. The van der Waals surface area contributed by atoms with Crippen molar-refractivity contribution in [3.8, 4) is 0 Å². The third-order valence-corrected chi connectivity index (χ3v) is 4.44. The van der Waals surface area contributed by atoms with Crippen LogP contribution in [-0.4, -0.2) is 21.9 Å². The fourth-order valence-corrected chi connectivity index (χ4v) is 3.27. The zero-order chi connectivity index (χ0) is 14.5. The SMILES string of the molecule is Cc1ccc(CC2(O)CC(C)(C)OC2(C)C)cc1C. The summed E-state index contributed by atoms with van der Waals surface area (Å²) in [6.45, 7) is 12.3. The van der Waals surface area contributed by atoms with Crippen LogP contribution in [0.15, 0.2) is 18.2 Å². The summed E-state index contributed by atoms with van der Waals surface area (Å²) in [5.74, 6) is 0. The van der Waals surface area contributed by atoms with Gasteiger partial charge in [0, 0.05) is 12.8 Å². The normalized spacial score (nSPS) is 28.6. The van der Waals surface area contributed by atoms with E-state index in [2.05, 4.69) is 32.0 Å². The van der Waals surface area contributed by atoms with Crippen molar-refractivity contribution in [2.75, 3.05) is 0 Å². The molecule has 0 radical (unpaired) electrons. The first kappa shape index (κ1) is 14.5. The van der Waals surface area contributed by atoms with Gasteiger partial charge in [-0.15, -0.1) is 0 Å². The number of hydrogen-bond donors (Lipinski definition) is 1. The second-order valence-electron chi connectivity index (χ2n) is 7.18. The van der Waals surface area contributed by atoms with E-state index >= 15 is 0 Å². The van der Waals surface area contributed by atoms with E-state index in [4.69, 9.17) is 4.74 Å². The Bertz CT molecular complexity index is 488. The summed E-state index contributed by atoms with van der Waals surface area (Å²) >= 11 is 0. The van der Waals surface area contributed by atoms with Crippen molar-refractivity contribution >= 4 is 0 Å². The molecule has 19 heavy (non-hydrogen) atoms. The maximum absolute atomic E-state index is 11.0. The molecule has 0 aliphatic carbocycles. The van der Waals surface area contributed by atoms with Crippen LogP contribution in [0.5, 0.6) is 0 Å². The molecule has 1 aliphatic rings. The molecule has 1 N–H and O–H groups in total. The summed E-state index contributed by atoms with van der Waals surface area (Å²) in [6.07, 6.45) is 1.31. The van der Waals surface area contributed by atoms with Gasteiger partial charge < -0.3 is 9.84 Å². The number of aliphatic hydroxyl groups is 1. The van der Waals surface area contributed by atoms with Crippen LogP contribution < -0.4 is 0 Å². The van der Waals surface area contributed by atoms with Crippen molar-refractivity contribution in [1.29, 1.82) is 0 Å². The maximum Gasteiger partial charge on any atom is 0.0998 e. The van der Waals surface area contributed by atoms with E-state index in [-0.39, 0.29) is 5.60 Å². The first-order chi connectivity index (χ1) is 8.55. The van der Waals surface area contributed by atoms with Crippen molar-refractivity contribution in [3.63, 3.8) is 0 Å². The Morgan fingerprint density at radius 2 is 1.74 bits per heavy atom. The average molecular weight is 262 g/mol. The van der Waals surface area contributed by atoms with Gasteiger partial charge in [0.15, 0.2) is 0 Å². The molecule has 1 aliphatic heterocycles. The number of benzene rings is 1. The Hall–Kier alpha value is -0.860. The van der Waals surface area contributed by atoms with Gasteiger partial charge in [0.1, 0.15) is 0 Å². The maximum atomic E-state index is 11.0. The lowest BCUT2D eigenvalue weighted by molar-refractivity contribution is -0.125. The summed E-state index contributed by atoms with van der Waals surface area (Å²) < 4.78 is 6.03. The summed E-state index contributed by atoms with van der Waals surface area (Å²) in [4.78, 5) is 0. The highest BCUT2D eigenvalue weighted by atomic mass is 16.5. The average Bonchev–Trinajstić information content (AvgIpc) is 2.36. The van der Waals surface area contributed by atoms with Gasteiger partial charge in [0.2, 0.25) is 0 Å². The number of hydrogen-bond acceptors (Lipinski definition) is 2. The smallest absolute Gasteiger partial charge is 0.0998 e. The molecule has 1 fully saturated rings. The van der Waals surface area contributed by atoms with Gasteiger partial charge in [-0.2, -0.15) is 0 Å². The third kappa shape index (κ3) is 2.70. The summed E-state index contributed by atoms with van der Waals surface area (Å²) in [5.41, 5.74) is 2.15. The molecule has 2 nitrogen and oxygen atoms in total. The van der Waals surface area contributed by atoms with E-state index in [9.17, 15) is 5.11 Å². The van der Waals surface area contributed by atoms with Gasteiger partial charge in [0.05, 0.1) is 16.8 Å². The Kier molecular flexibility index (Phi) is 3.31. The van der Waals surface area contributed by atoms with Crippen LogP contribution in [0.3, 0.4) is 0 Å². The van der Waals surface area contributed by atoms with Crippen LogP contribution in [0, 0.1) is 13.8 Å². The molecular formula is C17H26O2. The van der Waals surface area contributed by atoms with Gasteiger partial charge in [0.25, 0.3) is 0 Å². The third-order valence-electron chi connectivity index (χ3n) is 4.44. The van der Waals surface area contributed by atoms with Crippen molar-refractivity contribution in [1.82, 2.24) is 0 Å². The number of ether oxygens (including phenoxy) is 1. The van der Waals surface area contributed by atoms with Crippen LogP contribution in [-0.2, 0) is 11.2 Å². The molecule has 0 spiro atoms. The molecular weight excluding hydrogens is 236 g/mol. The molecule has 0 bridgehead atoms. The minimum Gasteiger partial charge on any atom is -0.386 e. The molecule has 2 rings (SSSR count). The summed E-state index contributed by atoms with van der Waals surface area (Å²) in [7, 11) is 0. The summed E-state index contributed by atoms with van der Waals surface area (Å²) in [6, 6.07) is 6.42. The Balaban J connectivity index is 2.28. The quantitative estimate of drug-likeness (QED) is 0.883. The molecule has 2 heteroatoms. The fraction of sp³-hybridized carbons (Fsp3) is 0.647. The van der Waals surface area contributed by atoms with Crippen LogP contribution in [0.25, 0.3) is 0 Å². The van der Waals surface area contributed by atoms with E-state index in [1.807, 2.05) is 27.7 Å². The molecule has 1 atom stereocenters. The Morgan fingerprint density at radius 1 is 1.11 bits per heavy atom. The molecule has 1 unspecified atom stereocenters. The topological polar surface area (TPSA) is 29.5 Å². The minimum absolute atomic E-state index is 0.266. The van der Waals surface area contributed by atoms with Gasteiger partial charge in [-0.3, -0.25) is 0 Å². The predicted octanol–water partition coefficient (Wildman–Crippen LogP) is 3.55. The standard InChI is InChI=1S/C17H26O2/c1-12-7-8-14(9-13(12)2)10-17(18)11-15(3,4)19-16(17,5)6/h7-9,18H,10-11H2,1-6H3. The van der Waals surface area contributed by atoms with E-state index < -0.39 is 11.2 Å². The predicted molar refractivity (Wildman–Crippen MR) is 78.4 cm³/mol. The van der Waals surface area contributed by atoms with E-state index in [0.717, 1.165) is 0 Å². The largest absolute Gasteiger partial charge is 0.386 e. The van der Waals surface area contributed by atoms with Crippen LogP contribution in [0.4, 0.5) is 0 Å². The van der Waals surface area contributed by atoms with Gasteiger partial charge in [-0.05, 0) is 58.2 Å². The van der Waals surface area contributed by atoms with Gasteiger partial charge in [-0.1, -0.05) is 18.2 Å². The Labute approximate surface area is 116 Å². The summed E-state index contributed by atoms with van der Waals surface area (Å²) in [5, 5.41) is 11.0. The minimum atomic E-state index is -0.807. The van der Waals surface area contributed by atoms with Crippen molar-refractivity contribution in [2.24, 2.45) is 0 Å². The van der Waals surface area contributed by atoms with Gasteiger partial charge in [-0.25, -0.2) is 0 Å². The zero-order valence-corrected chi connectivity index (χ0v) is 13.0. The number of aryl methyl sites for hydroxylation is 2. The van der Waals surface area contributed by atoms with Crippen molar-refractivity contribution in [3.05, 3.63) is 34.9 Å². The van der Waals surface area contributed by atoms with E-state index in [1.54, 1.807) is 0 Å². The highest BCUT2D eigenvalue weighted by Crippen LogP contribution is 2.46. The highest BCUT2D eigenvalue weighted by Gasteiger charge is 2.56. The second-order valence-corrected chi connectivity index (χ2v) is 7.18. The second kappa shape index (κ2) is 4.32. The molecule has 0 saturated carbocycles. The van der Waals surface area contributed by atoms with Gasteiger partial charge >= 0.3 is 0 Å². The first-order valence-corrected chi connectivity index (χ1v) is 7.03.